The molecule has 0 unspecified atom stereocenters. The predicted molar refractivity (Wildman–Crippen MR) is 66.1 cm³/mol. The second-order valence-corrected chi connectivity index (χ2v) is 5.06. The zero-order valence-electron chi connectivity index (χ0n) is 10.0. The summed E-state index contributed by atoms with van der Waals surface area (Å²) >= 11 is 5.80. The summed E-state index contributed by atoms with van der Waals surface area (Å²) in [5.74, 6) is 0.181. The molecule has 0 radical (unpaired) electrons. The lowest BCUT2D eigenvalue weighted by Gasteiger charge is -2.29. The highest BCUT2D eigenvalue weighted by Gasteiger charge is 2.32. The molecule has 1 aliphatic carbocycles. The van der Waals surface area contributed by atoms with Crippen LogP contribution in [-0.4, -0.2) is 22.2 Å². The van der Waals surface area contributed by atoms with Gasteiger partial charge in [0.2, 0.25) is 0 Å². The third-order valence-corrected chi connectivity index (χ3v) is 3.51. The number of nitrogens with zero attached hydrogens (tertiary/aromatic N) is 1. The molecule has 7 heteroatoms. The quantitative estimate of drug-likeness (QED) is 0.878. The zero-order chi connectivity index (χ0) is 14.0. The van der Waals surface area contributed by atoms with Gasteiger partial charge in [0.1, 0.15) is 5.82 Å². The fraction of sp³-hybridized carbons (Fsp3) is 0.583. The van der Waals surface area contributed by atoms with Crippen molar-refractivity contribution in [1.29, 1.82) is 0 Å². The van der Waals surface area contributed by atoms with Crippen LogP contribution < -0.4 is 5.32 Å². The van der Waals surface area contributed by atoms with E-state index in [-0.39, 0.29) is 16.9 Å². The van der Waals surface area contributed by atoms with Gasteiger partial charge in [-0.1, -0.05) is 24.4 Å². The summed E-state index contributed by atoms with van der Waals surface area (Å²) in [5.41, 5.74) is -0.882. The van der Waals surface area contributed by atoms with Crippen molar-refractivity contribution >= 4 is 17.4 Å². The fourth-order valence-corrected chi connectivity index (χ4v) is 2.38. The highest BCUT2D eigenvalue weighted by molar-refractivity contribution is 6.33. The zero-order valence-corrected chi connectivity index (χ0v) is 10.8. The molecule has 2 atom stereocenters. The van der Waals surface area contributed by atoms with E-state index < -0.39 is 17.8 Å². The van der Waals surface area contributed by atoms with Crippen molar-refractivity contribution in [1.82, 2.24) is 4.98 Å². The molecule has 19 heavy (non-hydrogen) atoms. The average Bonchev–Trinajstić information content (AvgIpc) is 2.33. The molecule has 1 fully saturated rings. The number of aliphatic hydroxyl groups is 1. The van der Waals surface area contributed by atoms with E-state index in [1.807, 2.05) is 0 Å². The maximum absolute atomic E-state index is 12.5. The minimum absolute atomic E-state index is 0.0902. The number of alkyl halides is 3. The van der Waals surface area contributed by atoms with Gasteiger partial charge in [-0.3, -0.25) is 0 Å². The average molecular weight is 295 g/mol. The SMILES string of the molecule is O[C@@H]1CCCC[C@H]1Nc1ncc(C(F)(F)F)cc1Cl. The summed E-state index contributed by atoms with van der Waals surface area (Å²) in [6.07, 6.45) is -0.895. The smallest absolute Gasteiger partial charge is 0.391 e. The Labute approximate surface area is 113 Å². The molecule has 0 saturated heterocycles. The van der Waals surface area contributed by atoms with Crippen molar-refractivity contribution in [2.24, 2.45) is 0 Å². The summed E-state index contributed by atoms with van der Waals surface area (Å²) < 4.78 is 37.4. The van der Waals surface area contributed by atoms with Gasteiger partial charge in [0, 0.05) is 6.20 Å². The monoisotopic (exact) mass is 294 g/mol. The molecule has 1 aromatic heterocycles. The fourth-order valence-electron chi connectivity index (χ4n) is 2.15. The van der Waals surface area contributed by atoms with Crippen LogP contribution >= 0.6 is 11.6 Å². The van der Waals surface area contributed by atoms with Crippen LogP contribution in [0.4, 0.5) is 19.0 Å². The van der Waals surface area contributed by atoms with Gasteiger partial charge < -0.3 is 10.4 Å². The van der Waals surface area contributed by atoms with Crippen LogP contribution in [0, 0.1) is 0 Å². The number of rotatable bonds is 2. The molecule has 2 N–H and O–H groups in total. The van der Waals surface area contributed by atoms with Crippen molar-refractivity contribution in [3.05, 3.63) is 22.8 Å². The number of halogens is 4. The van der Waals surface area contributed by atoms with Gasteiger partial charge in [-0.15, -0.1) is 0 Å². The van der Waals surface area contributed by atoms with Crippen LogP contribution in [0.2, 0.25) is 5.02 Å². The van der Waals surface area contributed by atoms with E-state index in [0.717, 1.165) is 31.5 Å². The van der Waals surface area contributed by atoms with Crippen LogP contribution in [0.25, 0.3) is 0 Å². The number of aliphatic hydroxyl groups excluding tert-OH is 1. The van der Waals surface area contributed by atoms with Crippen LogP contribution in [0.1, 0.15) is 31.2 Å². The molecular formula is C12H14ClF3N2O. The number of pyridine rings is 1. The van der Waals surface area contributed by atoms with Crippen molar-refractivity contribution in [2.45, 2.75) is 44.0 Å². The molecule has 1 aliphatic rings. The summed E-state index contributed by atoms with van der Waals surface area (Å²) in [6.45, 7) is 0. The van der Waals surface area contributed by atoms with E-state index >= 15 is 0 Å². The first-order chi connectivity index (χ1) is 8.88. The molecule has 1 heterocycles. The Balaban J connectivity index is 2.13. The molecule has 0 aliphatic heterocycles. The molecule has 3 nitrogen and oxygen atoms in total. The Morgan fingerprint density at radius 1 is 1.32 bits per heavy atom. The van der Waals surface area contributed by atoms with E-state index in [1.165, 1.54) is 0 Å². The number of hydrogen-bond donors (Lipinski definition) is 2. The molecule has 0 bridgehead atoms. The largest absolute Gasteiger partial charge is 0.417 e. The van der Waals surface area contributed by atoms with Gasteiger partial charge in [0.15, 0.2) is 0 Å². The molecule has 0 aromatic carbocycles. The van der Waals surface area contributed by atoms with Gasteiger partial charge in [0.25, 0.3) is 0 Å². The van der Waals surface area contributed by atoms with Crippen molar-refractivity contribution in [3.8, 4) is 0 Å². The number of anilines is 1. The van der Waals surface area contributed by atoms with E-state index in [0.29, 0.717) is 6.42 Å². The second-order valence-electron chi connectivity index (χ2n) is 4.65. The molecule has 1 aromatic rings. The molecule has 106 valence electrons. The number of nitrogens with one attached hydrogen (secondary N) is 1. The van der Waals surface area contributed by atoms with Crippen molar-refractivity contribution in [2.75, 3.05) is 5.32 Å². The summed E-state index contributed by atoms with van der Waals surface area (Å²) in [7, 11) is 0. The van der Waals surface area contributed by atoms with Gasteiger partial charge in [-0.05, 0) is 18.9 Å². The summed E-state index contributed by atoms with van der Waals surface area (Å²) in [5, 5.41) is 12.6. The Morgan fingerprint density at radius 2 is 2.00 bits per heavy atom. The molecule has 1 saturated carbocycles. The number of aromatic nitrogens is 1. The van der Waals surface area contributed by atoms with Crippen molar-refractivity contribution in [3.63, 3.8) is 0 Å². The normalized spacial score (nSPS) is 24.3. The third kappa shape index (κ3) is 3.51. The maximum atomic E-state index is 12.5. The standard InChI is InChI=1S/C12H14ClF3N2O/c13-8-5-7(12(14,15)16)6-17-11(8)18-9-3-1-2-4-10(9)19/h5-6,9-10,19H,1-4H2,(H,17,18)/t9-,10-/m1/s1. The van der Waals surface area contributed by atoms with E-state index in [1.54, 1.807) is 0 Å². The van der Waals surface area contributed by atoms with E-state index in [9.17, 15) is 18.3 Å². The Hall–Kier alpha value is -1.01. The van der Waals surface area contributed by atoms with Gasteiger partial charge >= 0.3 is 6.18 Å². The van der Waals surface area contributed by atoms with Crippen LogP contribution in [0.5, 0.6) is 0 Å². The van der Waals surface area contributed by atoms with E-state index in [2.05, 4.69) is 10.3 Å². The van der Waals surface area contributed by atoms with Gasteiger partial charge in [-0.2, -0.15) is 13.2 Å². The van der Waals surface area contributed by atoms with Crippen LogP contribution in [0.15, 0.2) is 12.3 Å². The maximum Gasteiger partial charge on any atom is 0.417 e. The first-order valence-corrected chi connectivity index (χ1v) is 6.43. The minimum atomic E-state index is -4.46. The Kier molecular flexibility index (Phi) is 4.20. The van der Waals surface area contributed by atoms with Crippen LogP contribution in [0.3, 0.4) is 0 Å². The lowest BCUT2D eigenvalue weighted by atomic mass is 9.92. The third-order valence-electron chi connectivity index (χ3n) is 3.22. The highest BCUT2D eigenvalue weighted by atomic mass is 35.5. The Bertz CT molecular complexity index is 453. The first kappa shape index (κ1) is 14.4. The highest BCUT2D eigenvalue weighted by Crippen LogP contribution is 2.33. The molecule has 2 rings (SSSR count). The van der Waals surface area contributed by atoms with Crippen LogP contribution in [-0.2, 0) is 6.18 Å². The topological polar surface area (TPSA) is 45.1 Å². The minimum Gasteiger partial charge on any atom is -0.391 e. The molecular weight excluding hydrogens is 281 g/mol. The van der Waals surface area contributed by atoms with E-state index in [4.69, 9.17) is 11.6 Å². The molecule has 0 amide bonds. The van der Waals surface area contributed by atoms with Gasteiger partial charge in [-0.25, -0.2) is 4.98 Å². The van der Waals surface area contributed by atoms with Crippen molar-refractivity contribution < 1.29 is 18.3 Å². The Morgan fingerprint density at radius 3 is 2.58 bits per heavy atom. The summed E-state index contributed by atoms with van der Waals surface area (Å²) in [4.78, 5) is 3.70. The predicted octanol–water partition coefficient (Wildman–Crippen LogP) is 3.47. The number of hydrogen-bond acceptors (Lipinski definition) is 3. The first-order valence-electron chi connectivity index (χ1n) is 6.05. The summed E-state index contributed by atoms with van der Waals surface area (Å²) in [6, 6.07) is 0.627. The lowest BCUT2D eigenvalue weighted by Crippen LogP contribution is -2.36. The lowest BCUT2D eigenvalue weighted by molar-refractivity contribution is -0.137. The van der Waals surface area contributed by atoms with Gasteiger partial charge in [0.05, 0.1) is 22.7 Å². The second kappa shape index (κ2) is 5.54. The molecule has 0 spiro atoms.